The average molecular weight is 346 g/mol. The molecule has 3 rings (SSSR count). The number of hydrogen-bond donors (Lipinski definition) is 2. The summed E-state index contributed by atoms with van der Waals surface area (Å²) < 4.78 is 0. The van der Waals surface area contributed by atoms with E-state index in [0.29, 0.717) is 6.29 Å². The number of rotatable bonds is 5. The third-order valence-electron chi connectivity index (χ3n) is 3.91. The summed E-state index contributed by atoms with van der Waals surface area (Å²) in [7, 11) is 0. The molecular weight excluding hydrogens is 332 g/mol. The molecule has 24 heavy (non-hydrogen) atoms. The van der Waals surface area contributed by atoms with Crippen molar-refractivity contribution in [2.75, 3.05) is 0 Å². The number of carbonyl (C=O) groups is 4. The van der Waals surface area contributed by atoms with Crippen LogP contribution in [0.2, 0.25) is 0 Å². The van der Waals surface area contributed by atoms with Gasteiger partial charge < -0.3 is 15.3 Å². The van der Waals surface area contributed by atoms with E-state index >= 15 is 0 Å². The number of benzene rings is 1. The Morgan fingerprint density at radius 2 is 2.00 bits per heavy atom. The normalized spacial score (nSPS) is 25.2. The number of hydrogen-bond acceptors (Lipinski definition) is 5. The predicted octanol–water partition coefficient (Wildman–Crippen LogP) is 0.165. The van der Waals surface area contributed by atoms with Gasteiger partial charge in [-0.3, -0.25) is 14.4 Å². The number of nitrogens with one attached hydrogen (secondary N) is 1. The monoisotopic (exact) mass is 346 g/mol. The summed E-state index contributed by atoms with van der Waals surface area (Å²) in [6.45, 7) is 0. The second-order valence-corrected chi connectivity index (χ2v) is 6.45. The van der Waals surface area contributed by atoms with Gasteiger partial charge in [-0.15, -0.1) is 11.8 Å². The van der Waals surface area contributed by atoms with Gasteiger partial charge in [0.25, 0.3) is 0 Å². The molecule has 1 aromatic rings. The zero-order valence-corrected chi connectivity index (χ0v) is 13.2. The van der Waals surface area contributed by atoms with Crippen molar-refractivity contribution in [3.63, 3.8) is 0 Å². The Morgan fingerprint density at radius 3 is 2.62 bits per heavy atom. The molecule has 0 aromatic heterocycles. The van der Waals surface area contributed by atoms with Gasteiger partial charge in [-0.25, -0.2) is 4.79 Å². The maximum Gasteiger partial charge on any atom is 0.331 e. The van der Waals surface area contributed by atoms with E-state index in [4.69, 9.17) is 0 Å². The number of aldehydes is 1. The molecule has 2 amide bonds. The van der Waals surface area contributed by atoms with E-state index in [2.05, 4.69) is 5.32 Å². The summed E-state index contributed by atoms with van der Waals surface area (Å²) in [6.07, 6.45) is 0.580. The molecule has 2 aliphatic heterocycles. The van der Waals surface area contributed by atoms with Gasteiger partial charge in [-0.05, 0) is 11.0 Å². The summed E-state index contributed by atoms with van der Waals surface area (Å²) in [5.41, 5.74) is 0.854. The number of β-lactam (4-membered cyclic amide) rings is 1. The lowest BCUT2D eigenvalue weighted by Crippen LogP contribution is -2.74. The number of nitrogens with zero attached hydrogens (tertiary/aromatic N) is 1. The van der Waals surface area contributed by atoms with Crippen LogP contribution in [-0.4, -0.2) is 51.5 Å². The summed E-state index contributed by atoms with van der Waals surface area (Å²) in [4.78, 5) is 47.8. The predicted molar refractivity (Wildman–Crippen MR) is 85.9 cm³/mol. The number of amides is 2. The number of carboxylic acids is 1. The molecule has 0 radical (unpaired) electrons. The zero-order chi connectivity index (χ0) is 17.3. The standard InChI is InChI=1S/C16H14N2O5S/c19-7-10-8-24-15-12(14(21)18(15)13(10)16(22)23)17-11(20)6-9-4-2-1-3-5-9/h1-5,7-8,12-13,15H,6H2,(H,17,20)(H,22,23)/t12-,13-,15-/m1/s1. The van der Waals surface area contributed by atoms with Crippen molar-refractivity contribution in [3.8, 4) is 0 Å². The van der Waals surface area contributed by atoms with Crippen LogP contribution in [0.4, 0.5) is 0 Å². The van der Waals surface area contributed by atoms with Crippen LogP contribution in [0.3, 0.4) is 0 Å². The second-order valence-electron chi connectivity index (χ2n) is 5.46. The molecule has 124 valence electrons. The lowest BCUT2D eigenvalue weighted by molar-refractivity contribution is -0.160. The van der Waals surface area contributed by atoms with E-state index < -0.39 is 29.3 Å². The first kappa shape index (κ1) is 16.3. The van der Waals surface area contributed by atoms with Gasteiger partial charge >= 0.3 is 5.97 Å². The molecule has 2 N–H and O–H groups in total. The zero-order valence-electron chi connectivity index (χ0n) is 12.4. The van der Waals surface area contributed by atoms with Crippen LogP contribution in [0.5, 0.6) is 0 Å². The highest BCUT2D eigenvalue weighted by molar-refractivity contribution is 8.03. The van der Waals surface area contributed by atoms with Crippen LogP contribution in [0.25, 0.3) is 0 Å². The number of aliphatic carboxylic acids is 1. The Labute approximate surface area is 141 Å². The number of thioether (sulfide) groups is 1. The van der Waals surface area contributed by atoms with Crippen LogP contribution < -0.4 is 5.32 Å². The van der Waals surface area contributed by atoms with Gasteiger partial charge in [-0.2, -0.15) is 0 Å². The molecule has 0 bridgehead atoms. The lowest BCUT2D eigenvalue weighted by Gasteiger charge is -2.50. The highest BCUT2D eigenvalue weighted by Crippen LogP contribution is 2.39. The first-order chi connectivity index (χ1) is 11.5. The Kier molecular flexibility index (Phi) is 4.39. The molecule has 1 aromatic carbocycles. The van der Waals surface area contributed by atoms with Crippen molar-refractivity contribution in [2.45, 2.75) is 23.9 Å². The van der Waals surface area contributed by atoms with E-state index in [-0.39, 0.29) is 17.9 Å². The smallest absolute Gasteiger partial charge is 0.331 e. The summed E-state index contributed by atoms with van der Waals surface area (Å²) in [6, 6.07) is 7.03. The van der Waals surface area contributed by atoms with Gasteiger partial charge in [0.2, 0.25) is 11.8 Å². The molecule has 2 heterocycles. The topological polar surface area (TPSA) is 104 Å². The van der Waals surface area contributed by atoms with E-state index in [1.807, 2.05) is 30.3 Å². The van der Waals surface area contributed by atoms with Gasteiger partial charge in [0.15, 0.2) is 6.04 Å². The Balaban J connectivity index is 1.69. The quantitative estimate of drug-likeness (QED) is 0.582. The molecular formula is C16H14N2O5S. The fourth-order valence-corrected chi connectivity index (χ4v) is 3.95. The first-order valence-corrected chi connectivity index (χ1v) is 8.16. The molecule has 0 saturated carbocycles. The maximum absolute atomic E-state index is 12.3. The molecule has 0 aliphatic carbocycles. The van der Waals surface area contributed by atoms with Gasteiger partial charge in [0.05, 0.1) is 6.42 Å². The highest BCUT2D eigenvalue weighted by atomic mass is 32.2. The van der Waals surface area contributed by atoms with E-state index in [9.17, 15) is 24.3 Å². The number of carbonyl (C=O) groups excluding carboxylic acids is 3. The fourth-order valence-electron chi connectivity index (χ4n) is 2.77. The number of carboxylic acid groups (broad SMARTS) is 1. The molecule has 2 aliphatic rings. The first-order valence-electron chi connectivity index (χ1n) is 7.22. The third-order valence-corrected chi connectivity index (χ3v) is 5.10. The van der Waals surface area contributed by atoms with Crippen molar-refractivity contribution in [1.29, 1.82) is 0 Å². The van der Waals surface area contributed by atoms with Gasteiger partial charge in [0.1, 0.15) is 17.7 Å². The second kappa shape index (κ2) is 6.48. The van der Waals surface area contributed by atoms with Crippen molar-refractivity contribution in [1.82, 2.24) is 10.2 Å². The fraction of sp³-hybridized carbons (Fsp3) is 0.250. The SMILES string of the molecule is O=CC1=CS[C@@H]2[C@H](NC(=O)Cc3ccccc3)C(=O)N2[C@H]1C(=O)O. The average Bonchev–Trinajstić information content (AvgIpc) is 2.58. The minimum atomic E-state index is -1.29. The maximum atomic E-state index is 12.3. The largest absolute Gasteiger partial charge is 0.479 e. The molecule has 8 heteroatoms. The van der Waals surface area contributed by atoms with Crippen LogP contribution in [0, 0.1) is 0 Å². The minimum Gasteiger partial charge on any atom is -0.479 e. The molecule has 1 saturated heterocycles. The molecule has 0 spiro atoms. The third kappa shape index (κ3) is 2.80. The van der Waals surface area contributed by atoms with Crippen LogP contribution in [-0.2, 0) is 25.6 Å². The summed E-state index contributed by atoms with van der Waals surface area (Å²) >= 11 is 1.16. The summed E-state index contributed by atoms with van der Waals surface area (Å²) in [5.74, 6) is -2.06. The van der Waals surface area contributed by atoms with E-state index in [1.165, 1.54) is 5.41 Å². The minimum absolute atomic E-state index is 0.0335. The van der Waals surface area contributed by atoms with Crippen LogP contribution >= 0.6 is 11.8 Å². The Bertz CT molecular complexity index is 733. The van der Waals surface area contributed by atoms with E-state index in [1.54, 1.807) is 0 Å². The van der Waals surface area contributed by atoms with Crippen LogP contribution in [0.1, 0.15) is 5.56 Å². The van der Waals surface area contributed by atoms with Crippen molar-refractivity contribution < 1.29 is 24.3 Å². The molecule has 1 fully saturated rings. The Morgan fingerprint density at radius 1 is 1.29 bits per heavy atom. The summed E-state index contributed by atoms with van der Waals surface area (Å²) in [5, 5.41) is 12.8. The molecule has 7 nitrogen and oxygen atoms in total. The van der Waals surface area contributed by atoms with E-state index in [0.717, 1.165) is 22.2 Å². The van der Waals surface area contributed by atoms with Gasteiger partial charge in [0, 0.05) is 5.57 Å². The van der Waals surface area contributed by atoms with Gasteiger partial charge in [-0.1, -0.05) is 30.3 Å². The van der Waals surface area contributed by atoms with Crippen molar-refractivity contribution >= 4 is 35.8 Å². The highest BCUT2D eigenvalue weighted by Gasteiger charge is 2.55. The number of fused-ring (bicyclic) bond motifs is 1. The lowest BCUT2D eigenvalue weighted by atomic mass is 9.98. The van der Waals surface area contributed by atoms with Crippen molar-refractivity contribution in [2.24, 2.45) is 0 Å². The van der Waals surface area contributed by atoms with Crippen LogP contribution in [0.15, 0.2) is 41.3 Å². The molecule has 3 atom stereocenters. The van der Waals surface area contributed by atoms with Crippen molar-refractivity contribution in [3.05, 3.63) is 46.9 Å². The molecule has 0 unspecified atom stereocenters. The Hall–Kier alpha value is -2.61.